The van der Waals surface area contributed by atoms with Crippen LogP contribution in [0.15, 0.2) is 65.4 Å². The van der Waals surface area contributed by atoms with Gasteiger partial charge in [-0.3, -0.25) is 4.98 Å². The highest BCUT2D eigenvalue weighted by Gasteiger charge is 2.11. The van der Waals surface area contributed by atoms with Gasteiger partial charge in [-0.25, -0.2) is 9.37 Å². The van der Waals surface area contributed by atoms with Crippen LogP contribution >= 0.6 is 15.9 Å². The Morgan fingerprint density at radius 2 is 1.85 bits per heavy atom. The molecule has 130 valence electrons. The summed E-state index contributed by atoms with van der Waals surface area (Å²) in [6, 6.07) is 14.0. The van der Waals surface area contributed by atoms with Gasteiger partial charge in [0.2, 0.25) is 5.95 Å². The molecule has 1 N–H and O–H groups in total. The molecular formula is C19H14BrFN4O. The summed E-state index contributed by atoms with van der Waals surface area (Å²) in [5.41, 5.74) is 2.02. The minimum Gasteiger partial charge on any atom is -0.457 e. The van der Waals surface area contributed by atoms with Gasteiger partial charge in [0.15, 0.2) is 0 Å². The zero-order valence-corrected chi connectivity index (χ0v) is 15.4. The molecule has 5 nitrogen and oxygen atoms in total. The van der Waals surface area contributed by atoms with Gasteiger partial charge in [0.1, 0.15) is 17.3 Å². The maximum atomic E-state index is 14.1. The van der Waals surface area contributed by atoms with E-state index < -0.39 is 0 Å². The molecule has 0 unspecified atom stereocenters. The average molecular weight is 413 g/mol. The Kier molecular flexibility index (Phi) is 4.30. The number of imidazole rings is 1. The van der Waals surface area contributed by atoms with E-state index in [1.54, 1.807) is 36.7 Å². The monoisotopic (exact) mass is 412 g/mol. The molecule has 0 bridgehead atoms. The molecule has 0 aliphatic rings. The van der Waals surface area contributed by atoms with Crippen molar-refractivity contribution in [2.45, 2.75) is 0 Å². The number of benzene rings is 2. The standard InChI is InChI=1S/C19H14BrFN4O/c1-25-18-5-3-14(26-13-6-8-22-9-7-13)11-17(18)24-19(25)23-16-4-2-12(20)10-15(16)21/h2-11H,1H3,(H,23,24). The third-order valence-electron chi connectivity index (χ3n) is 3.92. The maximum absolute atomic E-state index is 14.1. The van der Waals surface area contributed by atoms with Crippen molar-refractivity contribution in [1.29, 1.82) is 0 Å². The van der Waals surface area contributed by atoms with E-state index in [9.17, 15) is 4.39 Å². The number of aromatic nitrogens is 3. The molecule has 0 fully saturated rings. The highest BCUT2D eigenvalue weighted by Crippen LogP contribution is 2.28. The summed E-state index contributed by atoms with van der Waals surface area (Å²) < 4.78 is 22.4. The molecule has 0 spiro atoms. The van der Waals surface area contributed by atoms with E-state index in [1.165, 1.54) is 6.07 Å². The SMILES string of the molecule is Cn1c(Nc2ccc(Br)cc2F)nc2cc(Oc3ccncc3)ccc21. The minimum absolute atomic E-state index is 0.354. The highest BCUT2D eigenvalue weighted by atomic mass is 79.9. The maximum Gasteiger partial charge on any atom is 0.208 e. The molecule has 0 aliphatic carbocycles. The molecule has 0 radical (unpaired) electrons. The summed E-state index contributed by atoms with van der Waals surface area (Å²) in [4.78, 5) is 8.52. The van der Waals surface area contributed by atoms with Crippen molar-refractivity contribution in [3.63, 3.8) is 0 Å². The van der Waals surface area contributed by atoms with Crippen LogP contribution in [0.3, 0.4) is 0 Å². The number of nitrogens with one attached hydrogen (secondary N) is 1. The zero-order chi connectivity index (χ0) is 18.1. The molecular weight excluding hydrogens is 399 g/mol. The molecule has 0 amide bonds. The second-order valence-corrected chi connectivity index (χ2v) is 6.59. The van der Waals surface area contributed by atoms with Crippen molar-refractivity contribution >= 4 is 38.6 Å². The third-order valence-corrected chi connectivity index (χ3v) is 4.41. The van der Waals surface area contributed by atoms with Gasteiger partial charge < -0.3 is 14.6 Å². The van der Waals surface area contributed by atoms with Crippen molar-refractivity contribution in [2.75, 3.05) is 5.32 Å². The number of nitrogens with zero attached hydrogens (tertiary/aromatic N) is 3. The van der Waals surface area contributed by atoms with Crippen LogP contribution in [0.4, 0.5) is 16.0 Å². The lowest BCUT2D eigenvalue weighted by atomic mass is 10.3. The number of anilines is 2. The number of rotatable bonds is 4. The van der Waals surface area contributed by atoms with E-state index in [4.69, 9.17) is 4.74 Å². The fraction of sp³-hybridized carbons (Fsp3) is 0.0526. The fourth-order valence-electron chi connectivity index (χ4n) is 2.61. The quantitative estimate of drug-likeness (QED) is 0.487. The molecule has 0 saturated carbocycles. The van der Waals surface area contributed by atoms with Crippen molar-refractivity contribution in [1.82, 2.24) is 14.5 Å². The predicted octanol–water partition coefficient (Wildman–Crippen LogP) is 5.41. The Morgan fingerprint density at radius 3 is 2.62 bits per heavy atom. The van der Waals surface area contributed by atoms with Crippen molar-refractivity contribution in [3.8, 4) is 11.5 Å². The first kappa shape index (κ1) is 16.5. The molecule has 2 heterocycles. The van der Waals surface area contributed by atoms with Gasteiger partial charge in [-0.05, 0) is 42.5 Å². The fourth-order valence-corrected chi connectivity index (χ4v) is 2.94. The van der Waals surface area contributed by atoms with Gasteiger partial charge in [0.05, 0.1) is 16.7 Å². The van der Waals surface area contributed by atoms with Crippen LogP contribution < -0.4 is 10.1 Å². The summed E-state index contributed by atoms with van der Waals surface area (Å²) in [6.45, 7) is 0. The van der Waals surface area contributed by atoms with E-state index in [0.29, 0.717) is 27.6 Å². The number of ether oxygens (including phenoxy) is 1. The first-order valence-electron chi connectivity index (χ1n) is 7.86. The number of hydrogen-bond donors (Lipinski definition) is 1. The Hall–Kier alpha value is -2.93. The number of pyridine rings is 1. The number of hydrogen-bond acceptors (Lipinski definition) is 4. The summed E-state index contributed by atoms with van der Waals surface area (Å²) in [7, 11) is 1.87. The Labute approximate surface area is 157 Å². The molecule has 0 saturated heterocycles. The molecule has 0 aliphatic heterocycles. The Bertz CT molecular complexity index is 1080. The van der Waals surface area contributed by atoms with E-state index in [-0.39, 0.29) is 5.82 Å². The predicted molar refractivity (Wildman–Crippen MR) is 102 cm³/mol. The van der Waals surface area contributed by atoms with Gasteiger partial charge in [0.25, 0.3) is 0 Å². The van der Waals surface area contributed by atoms with Crippen molar-refractivity contribution < 1.29 is 9.13 Å². The first-order chi connectivity index (χ1) is 12.6. The van der Waals surface area contributed by atoms with E-state index in [2.05, 4.69) is 31.2 Å². The number of halogens is 2. The van der Waals surface area contributed by atoms with Gasteiger partial charge in [-0.2, -0.15) is 0 Å². The average Bonchev–Trinajstić information content (AvgIpc) is 2.93. The van der Waals surface area contributed by atoms with Crippen molar-refractivity contribution in [3.05, 3.63) is 71.2 Å². The second-order valence-electron chi connectivity index (χ2n) is 5.68. The molecule has 0 atom stereocenters. The van der Waals surface area contributed by atoms with Crippen LogP contribution in [-0.2, 0) is 7.05 Å². The topological polar surface area (TPSA) is 52.0 Å². The van der Waals surface area contributed by atoms with Gasteiger partial charge >= 0.3 is 0 Å². The van der Waals surface area contributed by atoms with Gasteiger partial charge in [-0.1, -0.05) is 15.9 Å². The first-order valence-corrected chi connectivity index (χ1v) is 8.66. The molecule has 26 heavy (non-hydrogen) atoms. The lowest BCUT2D eigenvalue weighted by Gasteiger charge is -2.07. The Balaban J connectivity index is 1.65. The van der Waals surface area contributed by atoms with Crippen LogP contribution in [0.2, 0.25) is 0 Å². The Morgan fingerprint density at radius 1 is 1.04 bits per heavy atom. The van der Waals surface area contributed by atoms with Gasteiger partial charge in [0, 0.05) is 30.0 Å². The van der Waals surface area contributed by atoms with Crippen LogP contribution in [0.5, 0.6) is 11.5 Å². The molecule has 4 aromatic rings. The normalized spacial score (nSPS) is 10.9. The number of aryl methyl sites for hydroxylation is 1. The number of fused-ring (bicyclic) bond motifs is 1. The van der Waals surface area contributed by atoms with Crippen LogP contribution in [-0.4, -0.2) is 14.5 Å². The highest BCUT2D eigenvalue weighted by molar-refractivity contribution is 9.10. The lowest BCUT2D eigenvalue weighted by Crippen LogP contribution is -2.00. The van der Waals surface area contributed by atoms with Gasteiger partial charge in [-0.15, -0.1) is 0 Å². The largest absolute Gasteiger partial charge is 0.457 e. The summed E-state index contributed by atoms with van der Waals surface area (Å²) in [5, 5.41) is 3.03. The van der Waals surface area contributed by atoms with E-state index in [1.807, 2.05) is 29.8 Å². The smallest absolute Gasteiger partial charge is 0.208 e. The van der Waals surface area contributed by atoms with Crippen LogP contribution in [0.25, 0.3) is 11.0 Å². The minimum atomic E-state index is -0.354. The molecule has 2 aromatic carbocycles. The summed E-state index contributed by atoms with van der Waals surface area (Å²) in [5.74, 6) is 1.56. The lowest BCUT2D eigenvalue weighted by molar-refractivity contribution is 0.482. The van der Waals surface area contributed by atoms with E-state index >= 15 is 0 Å². The summed E-state index contributed by atoms with van der Waals surface area (Å²) in [6.07, 6.45) is 3.34. The third kappa shape index (κ3) is 3.25. The molecule has 2 aromatic heterocycles. The summed E-state index contributed by atoms with van der Waals surface area (Å²) >= 11 is 3.25. The van der Waals surface area contributed by atoms with E-state index in [0.717, 1.165) is 11.0 Å². The molecule has 4 rings (SSSR count). The molecule has 7 heteroatoms. The second kappa shape index (κ2) is 6.76. The van der Waals surface area contributed by atoms with Crippen LogP contribution in [0.1, 0.15) is 0 Å². The van der Waals surface area contributed by atoms with Crippen LogP contribution in [0, 0.1) is 5.82 Å². The van der Waals surface area contributed by atoms with Crippen molar-refractivity contribution in [2.24, 2.45) is 7.05 Å². The zero-order valence-electron chi connectivity index (χ0n) is 13.8.